The van der Waals surface area contributed by atoms with Gasteiger partial charge in [-0.25, -0.2) is 15.0 Å². The van der Waals surface area contributed by atoms with E-state index in [-0.39, 0.29) is 0 Å². The molecule has 1 aliphatic heterocycles. The van der Waals surface area contributed by atoms with Crippen molar-refractivity contribution in [3.05, 3.63) is 27.7 Å². The molecular formula is C22H29N5OS2. The molecule has 2 aliphatic rings. The molecule has 5 rings (SSSR count). The molecule has 0 saturated carbocycles. The van der Waals surface area contributed by atoms with E-state index in [9.17, 15) is 0 Å². The summed E-state index contributed by atoms with van der Waals surface area (Å²) in [6.45, 7) is 5.96. The Morgan fingerprint density at radius 2 is 2.00 bits per heavy atom. The van der Waals surface area contributed by atoms with Crippen LogP contribution in [0.5, 0.6) is 0 Å². The fourth-order valence-electron chi connectivity index (χ4n) is 4.54. The van der Waals surface area contributed by atoms with Crippen LogP contribution in [0.15, 0.2) is 5.16 Å². The summed E-state index contributed by atoms with van der Waals surface area (Å²) in [5.74, 6) is 2.11. The molecule has 1 aliphatic carbocycles. The smallest absolute Gasteiger partial charge is 0.168 e. The number of imidazole rings is 1. The molecule has 0 bridgehead atoms. The van der Waals surface area contributed by atoms with Crippen LogP contribution in [0.25, 0.3) is 10.2 Å². The van der Waals surface area contributed by atoms with Gasteiger partial charge in [-0.1, -0.05) is 18.2 Å². The molecular weight excluding hydrogens is 414 g/mol. The van der Waals surface area contributed by atoms with Crippen molar-refractivity contribution in [1.29, 1.82) is 0 Å². The fraction of sp³-hybridized carbons (Fsp3) is 0.591. The first-order valence-corrected chi connectivity index (χ1v) is 12.7. The number of thioether (sulfide) groups is 1. The minimum atomic E-state index is 0.293. The fourth-order valence-corrected chi connectivity index (χ4v) is 6.79. The lowest BCUT2D eigenvalue weighted by Gasteiger charge is -2.14. The van der Waals surface area contributed by atoms with Crippen molar-refractivity contribution in [2.24, 2.45) is 0 Å². The predicted molar refractivity (Wildman–Crippen MR) is 123 cm³/mol. The summed E-state index contributed by atoms with van der Waals surface area (Å²) in [4.78, 5) is 16.9. The maximum absolute atomic E-state index is 6.42. The minimum absolute atomic E-state index is 0.293. The number of aromatic nitrogens is 4. The second-order valence-electron chi connectivity index (χ2n) is 8.37. The second kappa shape index (κ2) is 8.48. The maximum atomic E-state index is 6.42. The highest BCUT2D eigenvalue weighted by molar-refractivity contribution is 7.98. The molecule has 1 atom stereocenters. The van der Waals surface area contributed by atoms with E-state index in [1.54, 1.807) is 11.8 Å². The molecule has 0 spiro atoms. The van der Waals surface area contributed by atoms with Gasteiger partial charge in [0.05, 0.1) is 29.5 Å². The average molecular weight is 444 g/mol. The minimum Gasteiger partial charge on any atom is -0.383 e. The summed E-state index contributed by atoms with van der Waals surface area (Å²) >= 11 is 3.51. The number of aryl methyl sites for hydroxylation is 3. The van der Waals surface area contributed by atoms with Gasteiger partial charge >= 0.3 is 0 Å². The lowest BCUT2D eigenvalue weighted by molar-refractivity contribution is 0.0945. The van der Waals surface area contributed by atoms with Crippen LogP contribution in [-0.2, 0) is 29.9 Å². The van der Waals surface area contributed by atoms with Crippen LogP contribution in [0, 0.1) is 13.8 Å². The molecule has 4 heterocycles. The Bertz CT molecular complexity index is 1070. The quantitative estimate of drug-likeness (QED) is 0.450. The molecule has 3 aromatic rings. The van der Waals surface area contributed by atoms with Gasteiger partial charge in [0.25, 0.3) is 0 Å². The molecule has 0 amide bonds. The van der Waals surface area contributed by atoms with E-state index >= 15 is 0 Å². The Labute approximate surface area is 185 Å². The standard InChI is InChI=1S/C22H29N5OS2/c1-13-14(2)27(11-15-7-6-10-28-15)22(24-13)29-12-18-25-20(23)19-16-8-4-3-5-9-17(16)30-21(19)26-18/h15H,3-12H2,1-2H3,(H2,23,25,26). The number of rotatable bonds is 5. The first-order valence-electron chi connectivity index (χ1n) is 10.9. The van der Waals surface area contributed by atoms with Crippen molar-refractivity contribution in [2.45, 2.75) is 82.4 Å². The summed E-state index contributed by atoms with van der Waals surface area (Å²) in [5.41, 5.74) is 10.1. The number of anilines is 1. The molecule has 1 fully saturated rings. The third-order valence-electron chi connectivity index (χ3n) is 6.30. The van der Waals surface area contributed by atoms with E-state index in [2.05, 4.69) is 23.4 Å². The van der Waals surface area contributed by atoms with Crippen LogP contribution in [-0.4, -0.2) is 32.2 Å². The van der Waals surface area contributed by atoms with E-state index in [0.717, 1.165) is 65.7 Å². The van der Waals surface area contributed by atoms with Crippen molar-refractivity contribution < 1.29 is 4.74 Å². The van der Waals surface area contributed by atoms with Crippen molar-refractivity contribution in [3.8, 4) is 0 Å². The largest absolute Gasteiger partial charge is 0.383 e. The summed E-state index contributed by atoms with van der Waals surface area (Å²) in [6, 6.07) is 0. The number of hydrogen-bond donors (Lipinski definition) is 1. The zero-order valence-corrected chi connectivity index (χ0v) is 19.4. The number of thiophene rings is 1. The summed E-state index contributed by atoms with van der Waals surface area (Å²) in [7, 11) is 0. The predicted octanol–water partition coefficient (Wildman–Crippen LogP) is 4.83. The van der Waals surface area contributed by atoms with Gasteiger partial charge in [-0.2, -0.15) is 0 Å². The van der Waals surface area contributed by atoms with Crippen molar-refractivity contribution in [2.75, 3.05) is 12.3 Å². The molecule has 0 radical (unpaired) electrons. The van der Waals surface area contributed by atoms with E-state index < -0.39 is 0 Å². The van der Waals surface area contributed by atoms with Crippen molar-refractivity contribution in [1.82, 2.24) is 19.5 Å². The van der Waals surface area contributed by atoms with E-state index in [4.69, 9.17) is 20.4 Å². The Hall–Kier alpha value is -1.64. The molecule has 1 unspecified atom stereocenters. The zero-order chi connectivity index (χ0) is 20.7. The van der Waals surface area contributed by atoms with Gasteiger partial charge in [0, 0.05) is 17.2 Å². The highest BCUT2D eigenvalue weighted by Crippen LogP contribution is 2.37. The summed E-state index contributed by atoms with van der Waals surface area (Å²) in [6.07, 6.45) is 8.63. The summed E-state index contributed by atoms with van der Waals surface area (Å²) in [5, 5.41) is 2.13. The van der Waals surface area contributed by atoms with Gasteiger partial charge in [0.2, 0.25) is 0 Å². The number of hydrogen-bond acceptors (Lipinski definition) is 7. The number of ether oxygens (including phenoxy) is 1. The van der Waals surface area contributed by atoms with Gasteiger partial charge < -0.3 is 15.0 Å². The van der Waals surface area contributed by atoms with Crippen LogP contribution in [0.1, 0.15) is 59.8 Å². The number of nitrogen functional groups attached to an aromatic ring is 1. The van der Waals surface area contributed by atoms with Gasteiger partial charge in [0.15, 0.2) is 5.16 Å². The third-order valence-corrected chi connectivity index (χ3v) is 8.46. The van der Waals surface area contributed by atoms with Gasteiger partial charge in [-0.15, -0.1) is 11.3 Å². The Balaban J connectivity index is 1.38. The monoisotopic (exact) mass is 443 g/mol. The van der Waals surface area contributed by atoms with E-state index in [1.807, 2.05) is 11.3 Å². The topological polar surface area (TPSA) is 78.9 Å². The van der Waals surface area contributed by atoms with Crippen LogP contribution >= 0.6 is 23.1 Å². The number of fused-ring (bicyclic) bond motifs is 3. The lowest BCUT2D eigenvalue weighted by atomic mass is 10.1. The van der Waals surface area contributed by atoms with Crippen LogP contribution in [0.4, 0.5) is 5.82 Å². The van der Waals surface area contributed by atoms with Gasteiger partial charge in [0.1, 0.15) is 16.5 Å². The Morgan fingerprint density at radius 1 is 1.13 bits per heavy atom. The molecule has 0 aromatic carbocycles. The molecule has 3 aromatic heterocycles. The van der Waals surface area contributed by atoms with Crippen LogP contribution in [0.3, 0.4) is 0 Å². The third kappa shape index (κ3) is 3.85. The van der Waals surface area contributed by atoms with Crippen LogP contribution in [0.2, 0.25) is 0 Å². The second-order valence-corrected chi connectivity index (χ2v) is 10.4. The molecule has 160 valence electrons. The molecule has 30 heavy (non-hydrogen) atoms. The molecule has 8 heteroatoms. The van der Waals surface area contributed by atoms with E-state index in [1.165, 1.54) is 35.4 Å². The number of nitrogens with zero attached hydrogens (tertiary/aromatic N) is 4. The highest BCUT2D eigenvalue weighted by atomic mass is 32.2. The normalized spacial score (nSPS) is 19.3. The highest BCUT2D eigenvalue weighted by Gasteiger charge is 2.22. The van der Waals surface area contributed by atoms with Crippen molar-refractivity contribution in [3.63, 3.8) is 0 Å². The van der Waals surface area contributed by atoms with Gasteiger partial charge in [-0.3, -0.25) is 0 Å². The SMILES string of the molecule is Cc1nc(SCc2nc(N)c3c4c(sc3n2)CCCCC4)n(CC2CCCO2)c1C. The number of nitrogens with two attached hydrogens (primary N) is 1. The zero-order valence-electron chi connectivity index (χ0n) is 17.7. The summed E-state index contributed by atoms with van der Waals surface area (Å²) < 4.78 is 8.15. The Kier molecular flexibility index (Phi) is 5.73. The van der Waals surface area contributed by atoms with E-state index in [0.29, 0.717) is 17.7 Å². The van der Waals surface area contributed by atoms with Crippen LogP contribution < -0.4 is 5.73 Å². The van der Waals surface area contributed by atoms with Gasteiger partial charge in [-0.05, 0) is 57.9 Å². The average Bonchev–Trinajstić information content (AvgIpc) is 3.38. The molecule has 1 saturated heterocycles. The first kappa shape index (κ1) is 20.3. The lowest BCUT2D eigenvalue weighted by Crippen LogP contribution is -2.16. The Morgan fingerprint density at radius 3 is 2.83 bits per heavy atom. The van der Waals surface area contributed by atoms with Crippen molar-refractivity contribution >= 4 is 39.1 Å². The molecule has 2 N–H and O–H groups in total. The molecule has 6 nitrogen and oxygen atoms in total. The first-order chi connectivity index (χ1) is 14.6. The maximum Gasteiger partial charge on any atom is 0.168 e.